The van der Waals surface area contributed by atoms with Gasteiger partial charge in [0.25, 0.3) is 0 Å². The Balaban J connectivity index is 2.10. The van der Waals surface area contributed by atoms with Gasteiger partial charge in [-0.25, -0.2) is 8.42 Å². The molecule has 2 N–H and O–H groups in total. The van der Waals surface area contributed by atoms with Crippen molar-refractivity contribution in [1.29, 1.82) is 0 Å². The second kappa shape index (κ2) is 5.35. The third-order valence-electron chi connectivity index (χ3n) is 4.63. The fraction of sp³-hybridized carbons (Fsp3) is 0.846. The summed E-state index contributed by atoms with van der Waals surface area (Å²) in [5, 5.41) is 11.0. The molecular weight excluding hydrogens is 282 g/mol. The van der Waals surface area contributed by atoms with Gasteiger partial charge in [-0.1, -0.05) is 12.8 Å². The van der Waals surface area contributed by atoms with Crippen LogP contribution in [0.15, 0.2) is 0 Å². The first-order valence-electron chi connectivity index (χ1n) is 7.03. The van der Waals surface area contributed by atoms with E-state index in [2.05, 4.69) is 5.32 Å². The van der Waals surface area contributed by atoms with Crippen molar-refractivity contribution in [3.63, 3.8) is 0 Å². The van der Waals surface area contributed by atoms with Gasteiger partial charge in [0.2, 0.25) is 5.91 Å². The molecule has 2 fully saturated rings. The summed E-state index contributed by atoms with van der Waals surface area (Å²) >= 11 is 0. The van der Waals surface area contributed by atoms with Gasteiger partial charge in [0.1, 0.15) is 5.25 Å². The molecule has 20 heavy (non-hydrogen) atoms. The van der Waals surface area contributed by atoms with Gasteiger partial charge in [-0.05, 0) is 32.6 Å². The minimum Gasteiger partial charge on any atom is -0.481 e. The largest absolute Gasteiger partial charge is 0.481 e. The molecule has 1 heterocycles. The molecular formula is C13H21NO5S. The van der Waals surface area contributed by atoms with Crippen LogP contribution in [0.4, 0.5) is 0 Å². The van der Waals surface area contributed by atoms with Gasteiger partial charge < -0.3 is 10.4 Å². The number of carboxylic acid groups (broad SMARTS) is 1. The first-order valence-corrected chi connectivity index (χ1v) is 8.74. The summed E-state index contributed by atoms with van der Waals surface area (Å²) in [6, 6.07) is -0.482. The molecule has 1 aliphatic carbocycles. The number of amides is 1. The third kappa shape index (κ3) is 2.68. The van der Waals surface area contributed by atoms with Crippen LogP contribution in [0.25, 0.3) is 0 Å². The molecule has 1 amide bonds. The van der Waals surface area contributed by atoms with Crippen molar-refractivity contribution >= 4 is 21.7 Å². The molecule has 0 aromatic rings. The lowest BCUT2D eigenvalue weighted by Crippen LogP contribution is -2.52. The fourth-order valence-electron chi connectivity index (χ4n) is 3.17. The first-order chi connectivity index (χ1) is 9.27. The zero-order valence-corrected chi connectivity index (χ0v) is 12.4. The van der Waals surface area contributed by atoms with Crippen LogP contribution in [-0.2, 0) is 19.4 Å². The summed E-state index contributed by atoms with van der Waals surface area (Å²) in [6.45, 7) is 1.61. The van der Waals surface area contributed by atoms with E-state index in [0.717, 1.165) is 12.8 Å². The Kier molecular flexibility index (Phi) is 4.09. The Morgan fingerprint density at radius 3 is 2.50 bits per heavy atom. The molecule has 7 heteroatoms. The smallest absolute Gasteiger partial charge is 0.311 e. The number of sulfone groups is 1. The van der Waals surface area contributed by atoms with Crippen molar-refractivity contribution in [3.8, 4) is 0 Å². The molecule has 1 aliphatic heterocycles. The van der Waals surface area contributed by atoms with Crippen LogP contribution in [0, 0.1) is 5.41 Å². The van der Waals surface area contributed by atoms with Crippen LogP contribution in [0.3, 0.4) is 0 Å². The van der Waals surface area contributed by atoms with E-state index in [4.69, 9.17) is 0 Å². The average molecular weight is 303 g/mol. The highest BCUT2D eigenvalue weighted by molar-refractivity contribution is 7.92. The Bertz CT molecular complexity index is 515. The van der Waals surface area contributed by atoms with E-state index in [1.54, 1.807) is 6.92 Å². The quantitative estimate of drug-likeness (QED) is 0.800. The van der Waals surface area contributed by atoms with E-state index >= 15 is 0 Å². The van der Waals surface area contributed by atoms with Crippen molar-refractivity contribution in [2.24, 2.45) is 5.41 Å². The summed E-state index contributed by atoms with van der Waals surface area (Å²) in [5.74, 6) is -1.41. The summed E-state index contributed by atoms with van der Waals surface area (Å²) in [7, 11) is -3.38. The maximum absolute atomic E-state index is 12.2. The zero-order valence-electron chi connectivity index (χ0n) is 11.6. The Hall–Kier alpha value is -1.11. The summed E-state index contributed by atoms with van der Waals surface area (Å²) in [4.78, 5) is 23.5. The SMILES string of the molecule is CC1(C(=O)O)CCCC1NC(=O)C1CCCCS1(=O)=O. The fourth-order valence-corrected chi connectivity index (χ4v) is 4.98. The van der Waals surface area contributed by atoms with E-state index in [9.17, 15) is 23.1 Å². The van der Waals surface area contributed by atoms with Gasteiger partial charge in [-0.3, -0.25) is 9.59 Å². The van der Waals surface area contributed by atoms with Crippen LogP contribution < -0.4 is 5.32 Å². The normalized spacial score (nSPS) is 36.5. The monoisotopic (exact) mass is 303 g/mol. The minimum atomic E-state index is -3.38. The average Bonchev–Trinajstić information content (AvgIpc) is 2.71. The van der Waals surface area contributed by atoms with Gasteiger partial charge in [0.05, 0.1) is 11.2 Å². The predicted octanol–water partition coefficient (Wildman–Crippen LogP) is 0.713. The Morgan fingerprint density at radius 1 is 1.20 bits per heavy atom. The number of rotatable bonds is 3. The second-order valence-electron chi connectivity index (χ2n) is 6.03. The van der Waals surface area contributed by atoms with Crippen LogP contribution in [0.1, 0.15) is 45.4 Å². The Labute approximate surface area is 118 Å². The van der Waals surface area contributed by atoms with Gasteiger partial charge in [-0.2, -0.15) is 0 Å². The van der Waals surface area contributed by atoms with Crippen LogP contribution in [0.2, 0.25) is 0 Å². The molecule has 2 rings (SSSR count). The minimum absolute atomic E-state index is 0.0476. The molecule has 3 unspecified atom stereocenters. The van der Waals surface area contributed by atoms with Crippen LogP contribution >= 0.6 is 0 Å². The maximum Gasteiger partial charge on any atom is 0.311 e. The zero-order chi connectivity index (χ0) is 15.0. The van der Waals surface area contributed by atoms with Crippen LogP contribution in [0.5, 0.6) is 0 Å². The lowest BCUT2D eigenvalue weighted by Gasteiger charge is -2.30. The number of carbonyl (C=O) groups is 2. The van der Waals surface area contributed by atoms with E-state index in [1.807, 2.05) is 0 Å². The van der Waals surface area contributed by atoms with Crippen LogP contribution in [-0.4, -0.2) is 42.4 Å². The summed E-state index contributed by atoms with van der Waals surface area (Å²) < 4.78 is 23.8. The molecule has 6 nitrogen and oxygen atoms in total. The topological polar surface area (TPSA) is 101 Å². The highest BCUT2D eigenvalue weighted by Gasteiger charge is 2.47. The molecule has 0 spiro atoms. The molecule has 0 bridgehead atoms. The first kappa shape index (κ1) is 15.3. The predicted molar refractivity (Wildman–Crippen MR) is 73.0 cm³/mol. The highest BCUT2D eigenvalue weighted by atomic mass is 32.2. The van der Waals surface area contributed by atoms with E-state index in [1.165, 1.54) is 0 Å². The van der Waals surface area contributed by atoms with Crippen molar-refractivity contribution in [2.45, 2.75) is 56.7 Å². The number of carbonyl (C=O) groups excluding carboxylic acids is 1. The van der Waals surface area contributed by atoms with Gasteiger partial charge in [0.15, 0.2) is 9.84 Å². The van der Waals surface area contributed by atoms with E-state index < -0.39 is 38.4 Å². The Morgan fingerprint density at radius 2 is 1.90 bits per heavy atom. The molecule has 1 saturated carbocycles. The standard InChI is InChI=1S/C13H21NO5S/c1-13(12(16)17)7-4-6-10(13)14-11(15)9-5-2-3-8-20(9,18)19/h9-10H,2-8H2,1H3,(H,14,15)(H,16,17). The highest BCUT2D eigenvalue weighted by Crippen LogP contribution is 2.38. The number of hydrogen-bond acceptors (Lipinski definition) is 4. The van der Waals surface area contributed by atoms with Crippen molar-refractivity contribution < 1.29 is 23.1 Å². The summed E-state index contributed by atoms with van der Waals surface area (Å²) in [6.07, 6.45) is 3.47. The van der Waals surface area contributed by atoms with Crippen molar-refractivity contribution in [1.82, 2.24) is 5.32 Å². The lowest BCUT2D eigenvalue weighted by molar-refractivity contribution is -0.149. The molecule has 0 radical (unpaired) electrons. The number of nitrogens with one attached hydrogen (secondary N) is 1. The number of aliphatic carboxylic acids is 1. The molecule has 3 atom stereocenters. The second-order valence-corrected chi connectivity index (χ2v) is 8.33. The van der Waals surface area contributed by atoms with E-state index in [0.29, 0.717) is 25.7 Å². The van der Waals surface area contributed by atoms with Crippen molar-refractivity contribution in [2.75, 3.05) is 5.75 Å². The molecule has 2 aliphatic rings. The molecule has 0 aromatic carbocycles. The van der Waals surface area contributed by atoms with Gasteiger partial charge >= 0.3 is 5.97 Å². The van der Waals surface area contributed by atoms with Gasteiger partial charge in [-0.15, -0.1) is 0 Å². The molecule has 114 valence electrons. The molecule has 0 aromatic heterocycles. The number of carboxylic acids is 1. The molecule has 1 saturated heterocycles. The lowest BCUT2D eigenvalue weighted by atomic mass is 9.85. The van der Waals surface area contributed by atoms with Crippen molar-refractivity contribution in [3.05, 3.63) is 0 Å². The maximum atomic E-state index is 12.2. The number of hydrogen-bond donors (Lipinski definition) is 2. The third-order valence-corrected chi connectivity index (χ3v) is 6.81. The van der Waals surface area contributed by atoms with E-state index in [-0.39, 0.29) is 5.75 Å². The summed E-state index contributed by atoms with van der Waals surface area (Å²) in [5.41, 5.74) is -0.992. The van der Waals surface area contributed by atoms with Gasteiger partial charge in [0, 0.05) is 6.04 Å².